The summed E-state index contributed by atoms with van der Waals surface area (Å²) in [5, 5.41) is 9.59. The average Bonchev–Trinajstić information content (AvgIpc) is 2.55. The van der Waals surface area contributed by atoms with Gasteiger partial charge in [0.05, 0.1) is 6.10 Å². The van der Waals surface area contributed by atoms with Gasteiger partial charge in [-0.2, -0.15) is 0 Å². The topological polar surface area (TPSA) is 29.5 Å². The van der Waals surface area contributed by atoms with Crippen molar-refractivity contribution in [2.75, 3.05) is 12.4 Å². The van der Waals surface area contributed by atoms with Crippen LogP contribution < -0.4 is 0 Å². The summed E-state index contributed by atoms with van der Waals surface area (Å²) < 4.78 is 5.81. The second-order valence-corrected chi connectivity index (χ2v) is 6.62. The molecule has 2 aromatic carbocycles. The van der Waals surface area contributed by atoms with E-state index in [1.807, 2.05) is 26.0 Å². The van der Waals surface area contributed by atoms with Crippen molar-refractivity contribution in [1.82, 2.24) is 0 Å². The number of aryl methyl sites for hydroxylation is 2. The van der Waals surface area contributed by atoms with Gasteiger partial charge in [-0.05, 0) is 50.1 Å². The van der Waals surface area contributed by atoms with Gasteiger partial charge in [-0.1, -0.05) is 42.0 Å². The Morgan fingerprint density at radius 3 is 2.52 bits per heavy atom. The van der Waals surface area contributed by atoms with Gasteiger partial charge in [0.15, 0.2) is 0 Å². The number of phenolic OH excluding ortho intramolecular Hbond substituents is 1. The molecule has 0 saturated carbocycles. The van der Waals surface area contributed by atoms with Crippen LogP contribution in [-0.2, 0) is 4.74 Å². The maximum Gasteiger partial charge on any atom is 0.118 e. The monoisotopic (exact) mass is 328 g/mol. The van der Waals surface area contributed by atoms with E-state index in [-0.39, 0.29) is 6.10 Å². The number of rotatable bonds is 7. The Bertz CT molecular complexity index is 647. The summed E-state index contributed by atoms with van der Waals surface area (Å²) in [6.45, 7) is 6.71. The summed E-state index contributed by atoms with van der Waals surface area (Å²) in [7, 11) is 0. The van der Waals surface area contributed by atoms with E-state index in [1.165, 1.54) is 11.1 Å². The van der Waals surface area contributed by atoms with Gasteiger partial charge >= 0.3 is 0 Å². The van der Waals surface area contributed by atoms with Crippen LogP contribution in [0.15, 0.2) is 53.4 Å². The Labute approximate surface area is 143 Å². The summed E-state index contributed by atoms with van der Waals surface area (Å²) in [5.74, 6) is 1.19. The minimum Gasteiger partial charge on any atom is -0.508 e. The Kier molecular flexibility index (Phi) is 6.75. The maximum atomic E-state index is 9.59. The Morgan fingerprint density at radius 1 is 1.13 bits per heavy atom. The van der Waals surface area contributed by atoms with E-state index >= 15 is 0 Å². The third-order valence-electron chi connectivity index (χ3n) is 3.54. The molecule has 2 rings (SSSR count). The molecule has 2 aromatic rings. The van der Waals surface area contributed by atoms with Crippen LogP contribution in [-0.4, -0.2) is 23.6 Å². The summed E-state index contributed by atoms with van der Waals surface area (Å²) in [6, 6.07) is 14.2. The van der Waals surface area contributed by atoms with Crippen LogP contribution >= 0.6 is 11.8 Å². The Balaban J connectivity index is 1.97. The van der Waals surface area contributed by atoms with Crippen LogP contribution in [0.1, 0.15) is 23.6 Å². The number of phenols is 1. The van der Waals surface area contributed by atoms with Crippen LogP contribution in [0.2, 0.25) is 0 Å². The zero-order chi connectivity index (χ0) is 16.7. The zero-order valence-corrected chi connectivity index (χ0v) is 14.8. The summed E-state index contributed by atoms with van der Waals surface area (Å²) in [6.07, 6.45) is 4.30. The van der Waals surface area contributed by atoms with Crippen LogP contribution in [0.25, 0.3) is 6.08 Å². The number of hydrogen-bond donors (Lipinski definition) is 1. The van der Waals surface area contributed by atoms with Crippen LogP contribution in [0.3, 0.4) is 0 Å². The van der Waals surface area contributed by atoms with E-state index < -0.39 is 0 Å². The van der Waals surface area contributed by atoms with E-state index in [2.05, 4.69) is 43.3 Å². The lowest BCUT2D eigenvalue weighted by Crippen LogP contribution is -2.12. The molecule has 2 nitrogen and oxygen atoms in total. The fourth-order valence-electron chi connectivity index (χ4n) is 2.17. The predicted octanol–water partition coefficient (Wildman–Crippen LogP) is 5.22. The van der Waals surface area contributed by atoms with Gasteiger partial charge in [0, 0.05) is 17.3 Å². The first-order valence-corrected chi connectivity index (χ1v) is 8.86. The quantitative estimate of drug-likeness (QED) is 0.707. The summed E-state index contributed by atoms with van der Waals surface area (Å²) in [4.78, 5) is 1.15. The zero-order valence-electron chi connectivity index (χ0n) is 14.0. The summed E-state index contributed by atoms with van der Waals surface area (Å²) >= 11 is 1.74. The molecule has 3 heteroatoms. The number of ether oxygens (including phenoxy) is 1. The molecule has 1 unspecified atom stereocenters. The smallest absolute Gasteiger partial charge is 0.118 e. The first-order valence-electron chi connectivity index (χ1n) is 7.87. The lowest BCUT2D eigenvalue weighted by Gasteiger charge is -2.13. The highest BCUT2D eigenvalue weighted by molar-refractivity contribution is 7.99. The standard InChI is InChI=1S/C20H24O2S/c1-4-22-18(10-9-17-7-5-15(2)6-8-17)14-23-19-11-12-20(21)16(3)13-19/h5-13,18,21H,4,14H2,1-3H3/b10-9+. The van der Waals surface area contributed by atoms with Crippen LogP contribution in [0.4, 0.5) is 0 Å². The number of benzene rings is 2. The SMILES string of the molecule is CCOC(/C=C/c1ccc(C)cc1)CSc1ccc(O)c(C)c1. The Morgan fingerprint density at radius 2 is 1.87 bits per heavy atom. The first kappa shape index (κ1) is 17.6. The van der Waals surface area contributed by atoms with Crippen molar-refractivity contribution in [2.45, 2.75) is 31.8 Å². The first-order chi connectivity index (χ1) is 11.1. The largest absolute Gasteiger partial charge is 0.508 e. The predicted molar refractivity (Wildman–Crippen MR) is 99.2 cm³/mol. The summed E-state index contributed by atoms with van der Waals surface area (Å²) in [5.41, 5.74) is 3.35. The highest BCUT2D eigenvalue weighted by Gasteiger charge is 2.06. The second kappa shape index (κ2) is 8.80. The van der Waals surface area contributed by atoms with E-state index in [1.54, 1.807) is 17.8 Å². The molecular formula is C20H24O2S. The van der Waals surface area contributed by atoms with Gasteiger partial charge in [-0.3, -0.25) is 0 Å². The van der Waals surface area contributed by atoms with E-state index in [0.717, 1.165) is 16.2 Å². The highest BCUT2D eigenvalue weighted by Crippen LogP contribution is 2.25. The normalized spacial score (nSPS) is 12.7. The van der Waals surface area contributed by atoms with Crippen molar-refractivity contribution in [1.29, 1.82) is 0 Å². The van der Waals surface area contributed by atoms with Crippen molar-refractivity contribution in [2.24, 2.45) is 0 Å². The Hall–Kier alpha value is -1.71. The van der Waals surface area contributed by atoms with Gasteiger partial charge in [0.2, 0.25) is 0 Å². The molecular weight excluding hydrogens is 304 g/mol. The van der Waals surface area contributed by atoms with Gasteiger partial charge < -0.3 is 9.84 Å². The molecule has 0 bridgehead atoms. The van der Waals surface area contributed by atoms with Gasteiger partial charge in [0.1, 0.15) is 5.75 Å². The van der Waals surface area contributed by atoms with E-state index in [9.17, 15) is 5.11 Å². The molecule has 1 atom stereocenters. The lowest BCUT2D eigenvalue weighted by molar-refractivity contribution is 0.113. The molecule has 0 aromatic heterocycles. The molecule has 0 aliphatic carbocycles. The van der Waals surface area contributed by atoms with Crippen LogP contribution in [0, 0.1) is 13.8 Å². The number of hydrogen-bond acceptors (Lipinski definition) is 3. The second-order valence-electron chi connectivity index (χ2n) is 5.52. The van der Waals surface area contributed by atoms with Crippen molar-refractivity contribution in [3.05, 3.63) is 65.2 Å². The molecule has 0 fully saturated rings. The minimum atomic E-state index is 0.0698. The molecule has 0 radical (unpaired) electrons. The van der Waals surface area contributed by atoms with E-state index in [0.29, 0.717) is 12.4 Å². The van der Waals surface area contributed by atoms with Crippen LogP contribution in [0.5, 0.6) is 5.75 Å². The van der Waals surface area contributed by atoms with Gasteiger partial charge in [-0.15, -0.1) is 11.8 Å². The molecule has 1 N–H and O–H groups in total. The maximum absolute atomic E-state index is 9.59. The number of thioether (sulfide) groups is 1. The fourth-order valence-corrected chi connectivity index (χ4v) is 3.15. The van der Waals surface area contributed by atoms with E-state index in [4.69, 9.17) is 4.74 Å². The highest BCUT2D eigenvalue weighted by atomic mass is 32.2. The van der Waals surface area contributed by atoms with Gasteiger partial charge in [0.25, 0.3) is 0 Å². The molecule has 0 amide bonds. The third-order valence-corrected chi connectivity index (χ3v) is 4.63. The number of aromatic hydroxyl groups is 1. The van der Waals surface area contributed by atoms with Crippen molar-refractivity contribution < 1.29 is 9.84 Å². The average molecular weight is 328 g/mol. The fraction of sp³-hybridized carbons (Fsp3) is 0.300. The van der Waals surface area contributed by atoms with Crippen molar-refractivity contribution >= 4 is 17.8 Å². The molecule has 23 heavy (non-hydrogen) atoms. The lowest BCUT2D eigenvalue weighted by atomic mass is 10.1. The van der Waals surface area contributed by atoms with Crippen molar-refractivity contribution in [3.8, 4) is 5.75 Å². The molecule has 0 heterocycles. The minimum absolute atomic E-state index is 0.0698. The van der Waals surface area contributed by atoms with Crippen molar-refractivity contribution in [3.63, 3.8) is 0 Å². The molecule has 0 aliphatic rings. The molecule has 0 spiro atoms. The van der Waals surface area contributed by atoms with Gasteiger partial charge in [-0.25, -0.2) is 0 Å². The third kappa shape index (κ3) is 5.77. The molecule has 0 saturated heterocycles. The molecule has 122 valence electrons. The molecule has 0 aliphatic heterocycles.